The monoisotopic (exact) mass is 304 g/mol. The number of aliphatic hydroxyl groups excluding tert-OH is 2. The summed E-state index contributed by atoms with van der Waals surface area (Å²) in [7, 11) is 0. The molecule has 2 heteroatoms. The zero-order valence-electron chi connectivity index (χ0n) is 14.4. The summed E-state index contributed by atoms with van der Waals surface area (Å²) in [5, 5.41) is 20.9. The van der Waals surface area contributed by atoms with E-state index in [1.807, 2.05) is 6.08 Å². The first kappa shape index (κ1) is 16.3. The summed E-state index contributed by atoms with van der Waals surface area (Å²) in [5.41, 5.74) is 1.35. The molecule has 6 atom stereocenters. The molecule has 0 aromatic heterocycles. The van der Waals surface area contributed by atoms with Crippen LogP contribution in [0.15, 0.2) is 24.3 Å². The Morgan fingerprint density at radius 1 is 1.27 bits per heavy atom. The van der Waals surface area contributed by atoms with Crippen LogP contribution in [0.4, 0.5) is 0 Å². The third-order valence-electron chi connectivity index (χ3n) is 7.63. The molecule has 0 aromatic carbocycles. The van der Waals surface area contributed by atoms with E-state index in [4.69, 9.17) is 0 Å². The molecule has 2 saturated carbocycles. The van der Waals surface area contributed by atoms with Crippen molar-refractivity contribution in [3.8, 4) is 0 Å². The van der Waals surface area contributed by atoms with Crippen LogP contribution in [0.3, 0.4) is 0 Å². The van der Waals surface area contributed by atoms with Gasteiger partial charge in [-0.25, -0.2) is 0 Å². The lowest BCUT2D eigenvalue weighted by molar-refractivity contribution is -0.0924. The van der Waals surface area contributed by atoms with Gasteiger partial charge in [0.2, 0.25) is 0 Å². The van der Waals surface area contributed by atoms with Crippen molar-refractivity contribution in [2.75, 3.05) is 6.61 Å². The van der Waals surface area contributed by atoms with Crippen molar-refractivity contribution in [2.24, 2.45) is 28.1 Å². The molecule has 6 unspecified atom stereocenters. The zero-order valence-corrected chi connectivity index (χ0v) is 14.4. The molecule has 22 heavy (non-hydrogen) atoms. The average molecular weight is 304 g/mol. The Morgan fingerprint density at radius 2 is 2.00 bits per heavy atom. The minimum absolute atomic E-state index is 0.0408. The number of aliphatic hydroxyl groups is 2. The maximum absolute atomic E-state index is 10.9. The molecule has 2 fully saturated rings. The lowest BCUT2D eigenvalue weighted by atomic mass is 9.45. The number of hydrogen-bond acceptors (Lipinski definition) is 2. The molecule has 0 aliphatic heterocycles. The average Bonchev–Trinajstić information content (AvgIpc) is 2.51. The second-order valence-electron chi connectivity index (χ2n) is 8.87. The molecule has 2 nitrogen and oxygen atoms in total. The van der Waals surface area contributed by atoms with Crippen LogP contribution in [0.1, 0.15) is 59.3 Å². The highest BCUT2D eigenvalue weighted by Gasteiger charge is 2.57. The second kappa shape index (κ2) is 5.21. The van der Waals surface area contributed by atoms with Crippen molar-refractivity contribution in [1.29, 1.82) is 0 Å². The van der Waals surface area contributed by atoms with Gasteiger partial charge in [0.15, 0.2) is 0 Å². The fourth-order valence-corrected chi connectivity index (χ4v) is 5.94. The van der Waals surface area contributed by atoms with Crippen LogP contribution in [0.5, 0.6) is 0 Å². The molecule has 124 valence electrons. The van der Waals surface area contributed by atoms with Crippen molar-refractivity contribution in [3.05, 3.63) is 24.3 Å². The highest BCUT2D eigenvalue weighted by atomic mass is 16.3. The maximum Gasteiger partial charge on any atom is 0.0840 e. The normalized spacial score (nSPS) is 51.5. The molecule has 3 aliphatic rings. The number of rotatable bonds is 2. The third-order valence-corrected chi connectivity index (χ3v) is 7.63. The van der Waals surface area contributed by atoms with E-state index in [9.17, 15) is 10.2 Å². The molecule has 2 N–H and O–H groups in total. The summed E-state index contributed by atoms with van der Waals surface area (Å²) >= 11 is 0. The predicted molar refractivity (Wildman–Crippen MR) is 90.4 cm³/mol. The number of fused-ring (bicyclic) bond motifs is 3. The summed E-state index contributed by atoms with van der Waals surface area (Å²) in [4.78, 5) is 0. The fourth-order valence-electron chi connectivity index (χ4n) is 5.94. The van der Waals surface area contributed by atoms with Crippen LogP contribution in [0.2, 0.25) is 0 Å². The number of allylic oxidation sites excluding steroid dienone is 1. The first-order chi connectivity index (χ1) is 10.3. The number of hydrogen-bond donors (Lipinski definition) is 2. The summed E-state index contributed by atoms with van der Waals surface area (Å²) in [6.45, 7) is 11.1. The van der Waals surface area contributed by atoms with E-state index in [1.54, 1.807) is 0 Å². The quantitative estimate of drug-likeness (QED) is 0.755. The zero-order chi connectivity index (χ0) is 16.2. The molecule has 0 heterocycles. The van der Waals surface area contributed by atoms with Crippen LogP contribution in [-0.2, 0) is 0 Å². The Labute approximate surface area is 135 Å². The van der Waals surface area contributed by atoms with E-state index < -0.39 is 0 Å². The lowest BCUT2D eigenvalue weighted by Crippen LogP contribution is -2.54. The van der Waals surface area contributed by atoms with Gasteiger partial charge in [-0.15, -0.1) is 6.58 Å². The van der Waals surface area contributed by atoms with Gasteiger partial charge in [0.05, 0.1) is 6.10 Å². The van der Waals surface area contributed by atoms with Gasteiger partial charge < -0.3 is 10.2 Å². The van der Waals surface area contributed by atoms with Gasteiger partial charge in [-0.1, -0.05) is 39.3 Å². The molecule has 3 rings (SSSR count). The Bertz CT molecular complexity index is 496. The Hall–Kier alpha value is -0.600. The third kappa shape index (κ3) is 2.06. The van der Waals surface area contributed by atoms with Crippen molar-refractivity contribution in [1.82, 2.24) is 0 Å². The highest BCUT2D eigenvalue weighted by molar-refractivity contribution is 5.29. The topological polar surface area (TPSA) is 40.5 Å². The molecule has 0 bridgehead atoms. The van der Waals surface area contributed by atoms with E-state index in [1.165, 1.54) is 18.4 Å². The van der Waals surface area contributed by atoms with Gasteiger partial charge in [0, 0.05) is 12.0 Å². The standard InChI is InChI=1S/C20H32O2/c1-5-18(2)12-9-15-14(17(18)22)7-8-16-19(3,13-21)10-6-11-20(15,16)4/h5,7,15-17,21-22H,1,6,8-13H2,2-4H3. The van der Waals surface area contributed by atoms with E-state index in [0.717, 1.165) is 25.7 Å². The van der Waals surface area contributed by atoms with Gasteiger partial charge >= 0.3 is 0 Å². The van der Waals surface area contributed by atoms with E-state index in [2.05, 4.69) is 33.4 Å². The summed E-state index contributed by atoms with van der Waals surface area (Å²) < 4.78 is 0. The molecule has 3 aliphatic carbocycles. The van der Waals surface area contributed by atoms with E-state index in [0.29, 0.717) is 11.8 Å². The van der Waals surface area contributed by atoms with Gasteiger partial charge in [0.25, 0.3) is 0 Å². The highest BCUT2D eigenvalue weighted by Crippen LogP contribution is 2.63. The first-order valence-electron chi connectivity index (χ1n) is 8.93. The molecular formula is C20H32O2. The van der Waals surface area contributed by atoms with Crippen molar-refractivity contribution < 1.29 is 10.2 Å². The lowest BCUT2D eigenvalue weighted by Gasteiger charge is -2.60. The van der Waals surface area contributed by atoms with Gasteiger partial charge in [-0.2, -0.15) is 0 Å². The van der Waals surface area contributed by atoms with Crippen LogP contribution < -0.4 is 0 Å². The van der Waals surface area contributed by atoms with Gasteiger partial charge in [-0.3, -0.25) is 0 Å². The largest absolute Gasteiger partial charge is 0.396 e. The molecule has 0 aromatic rings. The fraction of sp³-hybridized carbons (Fsp3) is 0.800. The SMILES string of the molecule is C=CC1(C)CCC2C(=CCC3C(C)(CO)CCCC23C)C1O. The summed E-state index contributed by atoms with van der Waals surface area (Å²) in [5.74, 6) is 1.01. The Kier molecular flexibility index (Phi) is 3.85. The van der Waals surface area contributed by atoms with Gasteiger partial charge in [-0.05, 0) is 60.3 Å². The smallest absolute Gasteiger partial charge is 0.0840 e. The minimum atomic E-state index is -0.385. The Morgan fingerprint density at radius 3 is 2.64 bits per heavy atom. The van der Waals surface area contributed by atoms with Crippen molar-refractivity contribution in [3.63, 3.8) is 0 Å². The van der Waals surface area contributed by atoms with Crippen molar-refractivity contribution in [2.45, 2.75) is 65.4 Å². The minimum Gasteiger partial charge on any atom is -0.396 e. The summed E-state index contributed by atoms with van der Waals surface area (Å²) in [6, 6.07) is 0. The Balaban J connectivity index is 2.00. The van der Waals surface area contributed by atoms with Crippen molar-refractivity contribution >= 4 is 0 Å². The molecule has 0 spiro atoms. The molecule has 0 saturated heterocycles. The summed E-state index contributed by atoms with van der Waals surface area (Å²) in [6.07, 6.45) is 10.6. The maximum atomic E-state index is 10.9. The van der Waals surface area contributed by atoms with Crippen LogP contribution >= 0.6 is 0 Å². The van der Waals surface area contributed by atoms with Gasteiger partial charge in [0.1, 0.15) is 0 Å². The van der Waals surface area contributed by atoms with Crippen LogP contribution in [-0.4, -0.2) is 22.9 Å². The molecule has 0 radical (unpaired) electrons. The first-order valence-corrected chi connectivity index (χ1v) is 8.93. The second-order valence-corrected chi connectivity index (χ2v) is 8.87. The van der Waals surface area contributed by atoms with E-state index in [-0.39, 0.29) is 29.0 Å². The predicted octanol–water partition coefficient (Wildman–Crippen LogP) is 4.08. The molecular weight excluding hydrogens is 272 g/mol. The van der Waals surface area contributed by atoms with Crippen LogP contribution in [0, 0.1) is 28.1 Å². The van der Waals surface area contributed by atoms with Crippen LogP contribution in [0.25, 0.3) is 0 Å². The molecule has 0 amide bonds. The van der Waals surface area contributed by atoms with E-state index >= 15 is 0 Å².